The van der Waals surface area contributed by atoms with Gasteiger partial charge in [0, 0.05) is 20.8 Å². The van der Waals surface area contributed by atoms with Gasteiger partial charge in [-0.3, -0.25) is 29.2 Å². The van der Waals surface area contributed by atoms with Gasteiger partial charge in [0.15, 0.2) is 11.5 Å². The molecule has 0 radical (unpaired) electrons. The van der Waals surface area contributed by atoms with Gasteiger partial charge in [-0.05, 0) is 0 Å². The zero-order chi connectivity index (χ0) is 24.0. The third-order valence-electron chi connectivity index (χ3n) is 3.30. The molecule has 13 heteroatoms. The zero-order valence-electron chi connectivity index (χ0n) is 18.0. The molecule has 1 aromatic rings. The van der Waals surface area contributed by atoms with Crippen LogP contribution in [0.1, 0.15) is 20.8 Å². The van der Waals surface area contributed by atoms with Crippen molar-refractivity contribution in [1.82, 2.24) is 10.2 Å². The highest BCUT2D eigenvalue weighted by Gasteiger charge is 2.31. The number of urea groups is 1. The summed E-state index contributed by atoms with van der Waals surface area (Å²) in [4.78, 5) is 48.9. The van der Waals surface area contributed by atoms with Gasteiger partial charge in [-0.15, -0.1) is 0 Å². The van der Waals surface area contributed by atoms with E-state index in [2.05, 4.69) is 10.6 Å². The summed E-state index contributed by atoms with van der Waals surface area (Å²) in [5.74, 6) is -3.48. The maximum Gasteiger partial charge on any atom is 0.384 e. The van der Waals surface area contributed by atoms with E-state index in [9.17, 15) is 19.2 Å². The Morgan fingerprint density at radius 2 is 1.19 bits per heavy atom. The number of rotatable bonds is 4. The smallest absolute Gasteiger partial charge is 0.384 e. The fourth-order valence-corrected chi connectivity index (χ4v) is 2.89. The number of amides is 2. The first kappa shape index (κ1) is 26.0. The molecule has 0 unspecified atom stereocenters. The number of carbonyl (C=O) groups excluding carboxylic acids is 4. The van der Waals surface area contributed by atoms with Crippen LogP contribution in [0, 0.1) is 0 Å². The Balaban J connectivity index is 3.64. The summed E-state index contributed by atoms with van der Waals surface area (Å²) in [6.45, 7) is 3.21. The van der Waals surface area contributed by atoms with Gasteiger partial charge < -0.3 is 14.2 Å². The highest BCUT2D eigenvalue weighted by molar-refractivity contribution is 6.42. The number of nitrogens with zero attached hydrogens (tertiary/aromatic N) is 2. The minimum Gasteiger partial charge on any atom is -0.421 e. The van der Waals surface area contributed by atoms with E-state index in [0.29, 0.717) is 5.96 Å². The van der Waals surface area contributed by atoms with Gasteiger partial charge in [0.25, 0.3) is 0 Å². The van der Waals surface area contributed by atoms with E-state index in [-0.39, 0.29) is 15.7 Å². The molecule has 0 atom stereocenters. The van der Waals surface area contributed by atoms with Crippen LogP contribution < -0.4 is 24.8 Å². The molecule has 0 spiro atoms. The topological polar surface area (TPSA) is 126 Å². The van der Waals surface area contributed by atoms with Gasteiger partial charge in [-0.1, -0.05) is 23.2 Å². The summed E-state index contributed by atoms with van der Waals surface area (Å²) in [5.41, 5.74) is -0.249. The molecule has 0 saturated heterocycles. The second-order valence-corrected chi connectivity index (χ2v) is 7.22. The van der Waals surface area contributed by atoms with Crippen LogP contribution in [-0.4, -0.2) is 67.6 Å². The molecule has 0 fully saturated rings. The molecule has 2 amide bonds. The van der Waals surface area contributed by atoms with Crippen molar-refractivity contribution in [2.45, 2.75) is 20.8 Å². The van der Waals surface area contributed by atoms with Crippen LogP contribution in [0.3, 0.4) is 0 Å². The van der Waals surface area contributed by atoms with Crippen LogP contribution in [0.4, 0.5) is 10.5 Å². The zero-order valence-corrected chi connectivity index (χ0v) is 19.5. The Morgan fingerprint density at radius 3 is 1.52 bits per heavy atom. The maximum absolute atomic E-state index is 12.6. The number of benzene rings is 1. The monoisotopic (exact) mass is 477 g/mol. The maximum atomic E-state index is 12.6. The van der Waals surface area contributed by atoms with Crippen LogP contribution in [0.5, 0.6) is 17.2 Å². The minimum atomic E-state index is -0.830. The summed E-state index contributed by atoms with van der Waals surface area (Å²) < 4.78 is 16.7. The molecule has 0 heterocycles. The first-order valence-corrected chi connectivity index (χ1v) is 9.41. The molecule has 0 bridgehead atoms. The standard InChI is InChI=1S/C18H22Cl2N4O7/c1-8(25)29-14-11(19)13(21-17(28)22-18(23(4)5)24(6)7)12(20)15(30-9(2)26)16(14)31-10(3)27/h1-7H3,(H,21,28)/p+1. The molecule has 170 valence electrons. The number of nitrogens with one attached hydrogen (secondary N) is 2. The first-order chi connectivity index (χ1) is 14.3. The van der Waals surface area contributed by atoms with Crippen molar-refractivity contribution >= 4 is 58.8 Å². The number of ether oxygens (including phenoxy) is 3. The molecule has 2 N–H and O–H groups in total. The number of esters is 3. The van der Waals surface area contributed by atoms with E-state index in [4.69, 9.17) is 37.4 Å². The van der Waals surface area contributed by atoms with Crippen LogP contribution in [-0.2, 0) is 14.4 Å². The average Bonchev–Trinajstić information content (AvgIpc) is 2.62. The van der Waals surface area contributed by atoms with E-state index < -0.39 is 41.2 Å². The van der Waals surface area contributed by atoms with E-state index in [0.717, 1.165) is 20.8 Å². The molecular weight excluding hydrogens is 455 g/mol. The van der Waals surface area contributed by atoms with Crippen molar-refractivity contribution < 1.29 is 38.0 Å². The quantitative estimate of drug-likeness (QED) is 0.222. The number of halogens is 2. The van der Waals surface area contributed by atoms with Crippen LogP contribution >= 0.6 is 23.2 Å². The van der Waals surface area contributed by atoms with E-state index >= 15 is 0 Å². The fraction of sp³-hybridized carbons (Fsp3) is 0.389. The third-order valence-corrected chi connectivity index (χ3v) is 4.02. The summed E-state index contributed by atoms with van der Waals surface area (Å²) >= 11 is 12.6. The van der Waals surface area contributed by atoms with Gasteiger partial charge in [0.1, 0.15) is 10.0 Å². The van der Waals surface area contributed by atoms with E-state index in [1.54, 1.807) is 37.7 Å². The molecule has 0 aromatic heterocycles. The Morgan fingerprint density at radius 1 is 0.806 bits per heavy atom. The van der Waals surface area contributed by atoms with Crippen LogP contribution in [0.2, 0.25) is 10.0 Å². The normalized spacial score (nSPS) is 9.97. The molecule has 0 aliphatic carbocycles. The molecule has 0 saturated carbocycles. The summed E-state index contributed by atoms with van der Waals surface area (Å²) in [6, 6.07) is -0.760. The lowest BCUT2D eigenvalue weighted by Gasteiger charge is -2.19. The SMILES string of the molecule is CC(=O)Oc1c(Cl)c(NC(=O)NC(N(C)C)=[N+](C)C)c(Cl)c(OC(C)=O)c1OC(C)=O. The van der Waals surface area contributed by atoms with Gasteiger partial charge in [0.05, 0.1) is 33.9 Å². The molecule has 1 rings (SSSR count). The third kappa shape index (κ3) is 7.00. The van der Waals surface area contributed by atoms with Crippen molar-refractivity contribution in [2.75, 3.05) is 33.5 Å². The summed E-state index contributed by atoms with van der Waals surface area (Å²) in [5, 5.41) is 4.28. The Labute approximate surface area is 188 Å². The molecule has 1 aromatic carbocycles. The average molecular weight is 478 g/mol. The van der Waals surface area contributed by atoms with Crippen molar-refractivity contribution in [2.24, 2.45) is 0 Å². The Hall–Kier alpha value is -3.05. The molecule has 31 heavy (non-hydrogen) atoms. The Bertz CT molecular complexity index is 914. The second-order valence-electron chi connectivity index (χ2n) is 6.46. The van der Waals surface area contributed by atoms with Crippen LogP contribution in [0.15, 0.2) is 0 Å². The highest BCUT2D eigenvalue weighted by Crippen LogP contribution is 2.53. The lowest BCUT2D eigenvalue weighted by atomic mass is 10.2. The molecule has 0 aliphatic heterocycles. The molecule has 0 aliphatic rings. The number of hydrogen-bond acceptors (Lipinski definition) is 7. The van der Waals surface area contributed by atoms with E-state index in [1.807, 2.05) is 0 Å². The largest absolute Gasteiger partial charge is 0.421 e. The van der Waals surface area contributed by atoms with Gasteiger partial charge >= 0.3 is 29.9 Å². The van der Waals surface area contributed by atoms with E-state index in [1.165, 1.54) is 0 Å². The van der Waals surface area contributed by atoms with Gasteiger partial charge in [-0.25, -0.2) is 4.79 Å². The van der Waals surface area contributed by atoms with Crippen molar-refractivity contribution in [3.63, 3.8) is 0 Å². The number of carbonyl (C=O) groups is 4. The Kier molecular flexibility index (Phi) is 9.07. The predicted octanol–water partition coefficient (Wildman–Crippen LogP) is 2.08. The number of guanidine groups is 1. The molecular formula is C18H23Cl2N4O7+. The van der Waals surface area contributed by atoms with Crippen molar-refractivity contribution in [3.8, 4) is 17.2 Å². The minimum absolute atomic E-state index is 0.249. The number of hydrogen-bond donors (Lipinski definition) is 2. The second kappa shape index (κ2) is 10.8. The lowest BCUT2D eigenvalue weighted by molar-refractivity contribution is -0.471. The number of anilines is 1. The summed E-state index contributed by atoms with van der Waals surface area (Å²) in [6.07, 6.45) is 0. The first-order valence-electron chi connectivity index (χ1n) is 8.66. The van der Waals surface area contributed by atoms with Crippen LogP contribution in [0.25, 0.3) is 0 Å². The van der Waals surface area contributed by atoms with Gasteiger partial charge in [-0.2, -0.15) is 5.32 Å². The predicted molar refractivity (Wildman–Crippen MR) is 113 cm³/mol. The van der Waals surface area contributed by atoms with Crippen molar-refractivity contribution in [3.05, 3.63) is 10.0 Å². The van der Waals surface area contributed by atoms with Gasteiger partial charge in [0.2, 0.25) is 5.75 Å². The lowest BCUT2D eigenvalue weighted by Crippen LogP contribution is -2.46. The van der Waals surface area contributed by atoms with Crippen molar-refractivity contribution in [1.29, 1.82) is 0 Å². The molecule has 11 nitrogen and oxygen atoms in total. The highest BCUT2D eigenvalue weighted by atomic mass is 35.5. The summed E-state index contributed by atoms with van der Waals surface area (Å²) in [7, 11) is 6.84. The fourth-order valence-electron chi connectivity index (χ4n) is 2.31.